The van der Waals surface area contributed by atoms with Crippen LogP contribution in [0.15, 0.2) is 12.7 Å². The van der Waals surface area contributed by atoms with E-state index >= 15 is 0 Å². The van der Waals surface area contributed by atoms with Crippen molar-refractivity contribution in [2.75, 3.05) is 7.11 Å². The van der Waals surface area contributed by atoms with Gasteiger partial charge in [0.25, 0.3) is 0 Å². The Labute approximate surface area is 86.7 Å². The Morgan fingerprint density at radius 1 is 1.43 bits per heavy atom. The third-order valence-corrected chi connectivity index (χ3v) is 3.19. The molecule has 0 aromatic heterocycles. The monoisotopic (exact) mass is 198 g/mol. The van der Waals surface area contributed by atoms with Gasteiger partial charge in [0.15, 0.2) is 0 Å². The quantitative estimate of drug-likeness (QED) is 0.401. The molecule has 0 bridgehead atoms. The average molecular weight is 198 g/mol. The summed E-state index contributed by atoms with van der Waals surface area (Å²) in [5.74, 6) is 6.10. The average Bonchev–Trinajstić information content (AvgIpc) is 2.27. The molecule has 0 saturated heterocycles. The van der Waals surface area contributed by atoms with Crippen molar-refractivity contribution in [3.63, 3.8) is 0 Å². The van der Waals surface area contributed by atoms with E-state index in [1.54, 1.807) is 7.11 Å². The lowest BCUT2D eigenvalue weighted by Crippen LogP contribution is -2.47. The molecule has 2 unspecified atom stereocenters. The number of methoxy groups -OCH3 is 1. The van der Waals surface area contributed by atoms with Gasteiger partial charge in [-0.3, -0.25) is 11.3 Å². The number of hydrazine groups is 1. The van der Waals surface area contributed by atoms with Crippen LogP contribution in [0.1, 0.15) is 32.1 Å². The second kappa shape index (κ2) is 6.17. The Balaban J connectivity index is 2.53. The summed E-state index contributed by atoms with van der Waals surface area (Å²) >= 11 is 0. The summed E-state index contributed by atoms with van der Waals surface area (Å²) in [7, 11) is 1.76. The first kappa shape index (κ1) is 11.7. The zero-order chi connectivity index (χ0) is 10.4. The van der Waals surface area contributed by atoms with Crippen molar-refractivity contribution in [2.45, 2.75) is 44.2 Å². The topological polar surface area (TPSA) is 47.3 Å². The van der Waals surface area contributed by atoms with Gasteiger partial charge in [0.05, 0.1) is 12.1 Å². The number of hydrogen-bond donors (Lipinski definition) is 2. The van der Waals surface area contributed by atoms with Gasteiger partial charge >= 0.3 is 0 Å². The molecule has 0 aromatic carbocycles. The summed E-state index contributed by atoms with van der Waals surface area (Å²) in [6.45, 7) is 3.77. The minimum absolute atomic E-state index is 0.0723. The molecule has 3 N–H and O–H groups in total. The molecular weight excluding hydrogens is 176 g/mol. The van der Waals surface area contributed by atoms with Crippen molar-refractivity contribution in [1.29, 1.82) is 0 Å². The molecule has 3 nitrogen and oxygen atoms in total. The summed E-state index contributed by atoms with van der Waals surface area (Å²) in [5, 5.41) is 0. The van der Waals surface area contributed by atoms with Crippen molar-refractivity contribution < 1.29 is 4.74 Å². The van der Waals surface area contributed by atoms with Crippen LogP contribution in [0.5, 0.6) is 0 Å². The van der Waals surface area contributed by atoms with Crippen LogP contribution in [-0.4, -0.2) is 19.3 Å². The molecular formula is C11H22N2O. The Kier molecular flexibility index (Phi) is 5.15. The maximum Gasteiger partial charge on any atom is 0.0800 e. The fourth-order valence-electron chi connectivity index (χ4n) is 2.39. The van der Waals surface area contributed by atoms with Gasteiger partial charge in [-0.2, -0.15) is 0 Å². The largest absolute Gasteiger partial charge is 0.379 e. The highest BCUT2D eigenvalue weighted by molar-refractivity contribution is 4.94. The highest BCUT2D eigenvalue weighted by Crippen LogP contribution is 2.29. The van der Waals surface area contributed by atoms with Gasteiger partial charge in [-0.05, 0) is 18.8 Å². The van der Waals surface area contributed by atoms with Gasteiger partial charge < -0.3 is 4.74 Å². The maximum atomic E-state index is 5.52. The first-order chi connectivity index (χ1) is 6.83. The zero-order valence-electron chi connectivity index (χ0n) is 9.04. The van der Waals surface area contributed by atoms with Gasteiger partial charge in [-0.15, -0.1) is 6.58 Å². The Morgan fingerprint density at radius 3 is 2.50 bits per heavy atom. The number of rotatable bonds is 5. The summed E-state index contributed by atoms with van der Waals surface area (Å²) in [6.07, 6.45) is 8.52. The summed E-state index contributed by atoms with van der Waals surface area (Å²) < 4.78 is 5.52. The van der Waals surface area contributed by atoms with Gasteiger partial charge in [0.1, 0.15) is 0 Å². The van der Waals surface area contributed by atoms with E-state index in [0.29, 0.717) is 5.92 Å². The second-order valence-electron chi connectivity index (χ2n) is 4.03. The molecule has 2 atom stereocenters. The smallest absolute Gasteiger partial charge is 0.0800 e. The maximum absolute atomic E-state index is 5.52. The predicted molar refractivity (Wildman–Crippen MR) is 58.7 cm³/mol. The third kappa shape index (κ3) is 2.80. The first-order valence-corrected chi connectivity index (χ1v) is 5.45. The van der Waals surface area contributed by atoms with E-state index in [2.05, 4.69) is 12.0 Å². The van der Waals surface area contributed by atoms with Gasteiger partial charge in [-0.1, -0.05) is 25.3 Å². The molecule has 0 aromatic rings. The van der Waals surface area contributed by atoms with Crippen LogP contribution in [0.2, 0.25) is 0 Å². The normalized spacial score (nSPS) is 23.0. The second-order valence-corrected chi connectivity index (χ2v) is 4.03. The van der Waals surface area contributed by atoms with Crippen LogP contribution in [0.3, 0.4) is 0 Å². The van der Waals surface area contributed by atoms with E-state index in [0.717, 1.165) is 0 Å². The van der Waals surface area contributed by atoms with Crippen molar-refractivity contribution in [2.24, 2.45) is 11.8 Å². The molecule has 1 fully saturated rings. The number of ether oxygens (including phenoxy) is 1. The molecule has 0 amide bonds. The summed E-state index contributed by atoms with van der Waals surface area (Å²) in [6, 6.07) is 0.0723. The molecule has 0 radical (unpaired) electrons. The summed E-state index contributed by atoms with van der Waals surface area (Å²) in [5.41, 5.74) is 2.76. The van der Waals surface area contributed by atoms with Crippen LogP contribution >= 0.6 is 0 Å². The van der Waals surface area contributed by atoms with Crippen LogP contribution in [0.25, 0.3) is 0 Å². The van der Waals surface area contributed by atoms with Crippen molar-refractivity contribution >= 4 is 0 Å². The van der Waals surface area contributed by atoms with Crippen LogP contribution in [0.4, 0.5) is 0 Å². The molecule has 0 aliphatic heterocycles. The SMILES string of the molecule is C=CC(NN)C(OC)C1CCCCC1. The van der Waals surface area contributed by atoms with E-state index in [-0.39, 0.29) is 12.1 Å². The highest BCUT2D eigenvalue weighted by Gasteiger charge is 2.28. The third-order valence-electron chi connectivity index (χ3n) is 3.19. The molecule has 82 valence electrons. The lowest BCUT2D eigenvalue weighted by Gasteiger charge is -2.33. The standard InChI is InChI=1S/C11H22N2O/c1-3-10(13-12)11(14-2)9-7-5-4-6-8-9/h3,9-11,13H,1,4-8,12H2,2H3. The van der Waals surface area contributed by atoms with Crippen LogP contribution in [-0.2, 0) is 4.74 Å². The van der Waals surface area contributed by atoms with Crippen molar-refractivity contribution in [3.05, 3.63) is 12.7 Å². The minimum atomic E-state index is 0.0723. The van der Waals surface area contributed by atoms with Gasteiger partial charge in [0, 0.05) is 7.11 Å². The Hall–Kier alpha value is -0.380. The van der Waals surface area contributed by atoms with Gasteiger partial charge in [-0.25, -0.2) is 0 Å². The Morgan fingerprint density at radius 2 is 2.07 bits per heavy atom. The molecule has 0 heterocycles. The molecule has 14 heavy (non-hydrogen) atoms. The van der Waals surface area contributed by atoms with E-state index in [4.69, 9.17) is 10.6 Å². The summed E-state index contributed by atoms with van der Waals surface area (Å²) in [4.78, 5) is 0. The lowest BCUT2D eigenvalue weighted by atomic mass is 9.82. The zero-order valence-corrected chi connectivity index (χ0v) is 9.04. The Bertz CT molecular complexity index is 167. The van der Waals surface area contributed by atoms with E-state index in [1.165, 1.54) is 32.1 Å². The molecule has 1 saturated carbocycles. The van der Waals surface area contributed by atoms with Gasteiger partial charge in [0.2, 0.25) is 0 Å². The number of nitrogens with two attached hydrogens (primary N) is 1. The van der Waals surface area contributed by atoms with E-state index < -0.39 is 0 Å². The molecule has 1 rings (SSSR count). The first-order valence-electron chi connectivity index (χ1n) is 5.45. The van der Waals surface area contributed by atoms with Crippen molar-refractivity contribution in [3.8, 4) is 0 Å². The minimum Gasteiger partial charge on any atom is -0.379 e. The van der Waals surface area contributed by atoms with E-state index in [1.807, 2.05) is 6.08 Å². The molecule has 1 aliphatic carbocycles. The molecule has 0 spiro atoms. The fraction of sp³-hybridized carbons (Fsp3) is 0.818. The number of nitrogens with one attached hydrogen (secondary N) is 1. The molecule has 1 aliphatic rings. The lowest BCUT2D eigenvalue weighted by molar-refractivity contribution is 0.0197. The van der Waals surface area contributed by atoms with Crippen LogP contribution in [0, 0.1) is 5.92 Å². The number of hydrogen-bond acceptors (Lipinski definition) is 3. The van der Waals surface area contributed by atoms with E-state index in [9.17, 15) is 0 Å². The fourth-order valence-corrected chi connectivity index (χ4v) is 2.39. The predicted octanol–water partition coefficient (Wildman–Crippen LogP) is 1.60. The molecule has 3 heteroatoms. The highest BCUT2D eigenvalue weighted by atomic mass is 16.5. The van der Waals surface area contributed by atoms with Crippen LogP contribution < -0.4 is 11.3 Å². The van der Waals surface area contributed by atoms with Crippen molar-refractivity contribution in [1.82, 2.24) is 5.43 Å².